The summed E-state index contributed by atoms with van der Waals surface area (Å²) in [6, 6.07) is 11.5. The van der Waals surface area contributed by atoms with Crippen LogP contribution in [-0.4, -0.2) is 91.5 Å². The first-order chi connectivity index (χ1) is 26.1. The number of benzene rings is 1. The lowest BCUT2D eigenvalue weighted by Crippen LogP contribution is -2.60. The van der Waals surface area contributed by atoms with Crippen LogP contribution in [0.3, 0.4) is 0 Å². The molecule has 1 atom stereocenters. The van der Waals surface area contributed by atoms with E-state index in [1.807, 2.05) is 36.5 Å². The van der Waals surface area contributed by atoms with Gasteiger partial charge >= 0.3 is 5.69 Å². The third kappa shape index (κ3) is 5.76. The van der Waals surface area contributed by atoms with E-state index in [4.69, 9.17) is 9.97 Å². The van der Waals surface area contributed by atoms with Crippen molar-refractivity contribution in [3.8, 4) is 0 Å². The number of fused-ring (bicyclic) bond motifs is 2. The molecule has 4 fully saturated rings. The topological polar surface area (TPSA) is 156 Å². The summed E-state index contributed by atoms with van der Waals surface area (Å²) in [5.41, 5.74) is 5.04. The van der Waals surface area contributed by atoms with Crippen LogP contribution in [-0.2, 0) is 16.6 Å². The van der Waals surface area contributed by atoms with Crippen molar-refractivity contribution in [1.82, 2.24) is 38.9 Å². The minimum absolute atomic E-state index is 0.0302. The third-order valence-electron chi connectivity index (χ3n) is 12.1. The van der Waals surface area contributed by atoms with Gasteiger partial charge in [-0.25, -0.2) is 14.8 Å². The highest BCUT2D eigenvalue weighted by Crippen LogP contribution is 2.44. The highest BCUT2D eigenvalue weighted by molar-refractivity contribution is 6.00. The van der Waals surface area contributed by atoms with Crippen LogP contribution in [0.2, 0.25) is 0 Å². The Bertz CT molecular complexity index is 2350. The van der Waals surface area contributed by atoms with Crippen molar-refractivity contribution in [2.75, 3.05) is 55.4 Å². The number of imidazole rings is 1. The van der Waals surface area contributed by atoms with Crippen LogP contribution < -0.4 is 26.1 Å². The lowest BCUT2D eigenvalue weighted by molar-refractivity contribution is -0.135. The Kier molecular flexibility index (Phi) is 8.19. The van der Waals surface area contributed by atoms with Crippen LogP contribution in [0, 0.1) is 5.41 Å². The van der Waals surface area contributed by atoms with Gasteiger partial charge in [-0.15, -0.1) is 0 Å². The second kappa shape index (κ2) is 13.0. The fourth-order valence-electron chi connectivity index (χ4n) is 9.04. The van der Waals surface area contributed by atoms with Gasteiger partial charge in [-0.05, 0) is 68.5 Å². The van der Waals surface area contributed by atoms with Gasteiger partial charge in [0.25, 0.3) is 5.91 Å². The van der Waals surface area contributed by atoms with Crippen molar-refractivity contribution in [2.24, 2.45) is 12.5 Å². The van der Waals surface area contributed by atoms with Gasteiger partial charge in [-0.2, -0.15) is 4.98 Å². The summed E-state index contributed by atoms with van der Waals surface area (Å²) >= 11 is 0. The maximum atomic E-state index is 13.2. The fourth-order valence-corrected chi connectivity index (χ4v) is 9.04. The zero-order chi connectivity index (χ0) is 37.3. The van der Waals surface area contributed by atoms with E-state index in [0.29, 0.717) is 29.4 Å². The standard InChI is InChI=1S/C39H45N11O4/c1-45(2)36(53)31-18-24-20-41-37(44-34(24)49(31)25-6-4-5-7-25)42-32-12-9-27(21-40-32)47-16-14-39(15-17-47)22-48(23-39)26-8-10-28-30(19-26)46(3)38(54)50(28)29-11-13-33(51)43-35(29)52/h8-10,12,18-21,25,29H,4-7,11,13-17,22-23H2,1-3H3,(H,43,51,52)(H,40,41,42,44). The second-order valence-corrected chi connectivity index (χ2v) is 15.7. The maximum absolute atomic E-state index is 13.2. The van der Waals surface area contributed by atoms with Gasteiger partial charge in [-0.3, -0.25) is 28.8 Å². The largest absolute Gasteiger partial charge is 0.370 e. The van der Waals surface area contributed by atoms with Crippen LogP contribution in [0.1, 0.15) is 73.9 Å². The molecule has 2 N–H and O–H groups in total. The van der Waals surface area contributed by atoms with E-state index in [1.54, 1.807) is 36.8 Å². The number of pyridine rings is 1. The van der Waals surface area contributed by atoms with Crippen LogP contribution in [0.15, 0.2) is 53.6 Å². The lowest BCUT2D eigenvalue weighted by Gasteiger charge is -2.55. The summed E-state index contributed by atoms with van der Waals surface area (Å²) in [5.74, 6) is 0.357. The number of aromatic nitrogens is 6. The maximum Gasteiger partial charge on any atom is 0.329 e. The molecule has 7 heterocycles. The van der Waals surface area contributed by atoms with E-state index in [9.17, 15) is 19.2 Å². The van der Waals surface area contributed by atoms with Gasteiger partial charge in [0, 0.05) is 82.5 Å². The van der Waals surface area contributed by atoms with Gasteiger partial charge in [0.1, 0.15) is 23.2 Å². The third-order valence-corrected chi connectivity index (χ3v) is 12.1. The van der Waals surface area contributed by atoms with Gasteiger partial charge in [0.15, 0.2) is 0 Å². The number of nitrogens with zero attached hydrogens (tertiary/aromatic N) is 9. The quantitative estimate of drug-likeness (QED) is 0.234. The number of rotatable bonds is 7. The Morgan fingerprint density at radius 3 is 2.35 bits per heavy atom. The molecule has 1 saturated carbocycles. The van der Waals surface area contributed by atoms with Crippen LogP contribution in [0.5, 0.6) is 0 Å². The van der Waals surface area contributed by atoms with Crippen molar-refractivity contribution in [3.05, 3.63) is 65.0 Å². The van der Waals surface area contributed by atoms with Crippen molar-refractivity contribution in [3.63, 3.8) is 0 Å². The van der Waals surface area contributed by atoms with E-state index in [-0.39, 0.29) is 35.4 Å². The van der Waals surface area contributed by atoms with Gasteiger partial charge in [0.05, 0.1) is 22.9 Å². The first-order valence-corrected chi connectivity index (χ1v) is 18.9. The van der Waals surface area contributed by atoms with Crippen LogP contribution >= 0.6 is 0 Å². The second-order valence-electron chi connectivity index (χ2n) is 15.7. The predicted octanol–water partition coefficient (Wildman–Crippen LogP) is 4.12. The summed E-state index contributed by atoms with van der Waals surface area (Å²) in [6.45, 7) is 3.79. The van der Waals surface area contributed by atoms with Crippen LogP contribution in [0.4, 0.5) is 23.1 Å². The molecule has 3 aliphatic heterocycles. The average Bonchev–Trinajstić information content (AvgIpc) is 3.88. The number of anilines is 4. The first kappa shape index (κ1) is 34.1. The van der Waals surface area contributed by atoms with E-state index in [1.165, 1.54) is 4.57 Å². The molecule has 15 heteroatoms. The normalized spacial score (nSPS) is 20.2. The fraction of sp³-hybridized carbons (Fsp3) is 0.462. The van der Waals surface area contributed by atoms with E-state index < -0.39 is 11.9 Å². The number of amides is 3. The zero-order valence-electron chi connectivity index (χ0n) is 30.9. The Hall–Kier alpha value is -5.73. The van der Waals surface area contributed by atoms with E-state index >= 15 is 0 Å². The molecule has 4 aromatic heterocycles. The molecule has 3 amide bonds. The first-order valence-electron chi connectivity index (χ1n) is 18.9. The van der Waals surface area contributed by atoms with Crippen molar-refractivity contribution >= 4 is 62.9 Å². The molecule has 15 nitrogen and oxygen atoms in total. The van der Waals surface area contributed by atoms with Crippen molar-refractivity contribution < 1.29 is 14.4 Å². The molecular formula is C39H45N11O4. The monoisotopic (exact) mass is 731 g/mol. The number of carbonyl (C=O) groups is 3. The summed E-state index contributed by atoms with van der Waals surface area (Å²) in [5, 5.41) is 6.51. The lowest BCUT2D eigenvalue weighted by atomic mass is 9.71. The van der Waals surface area contributed by atoms with Gasteiger partial charge in [0.2, 0.25) is 17.8 Å². The van der Waals surface area contributed by atoms with Gasteiger partial charge in [-0.1, -0.05) is 12.8 Å². The number of carbonyl (C=O) groups excluding carboxylic acids is 3. The Balaban J connectivity index is 0.838. The molecule has 4 aliphatic rings. The highest BCUT2D eigenvalue weighted by Gasteiger charge is 2.45. The molecule has 1 aromatic carbocycles. The summed E-state index contributed by atoms with van der Waals surface area (Å²) in [4.78, 5) is 71.1. The molecule has 9 rings (SSSR count). The Morgan fingerprint density at radius 2 is 1.65 bits per heavy atom. The highest BCUT2D eigenvalue weighted by atomic mass is 16.2. The number of hydrogen-bond donors (Lipinski definition) is 2. The summed E-state index contributed by atoms with van der Waals surface area (Å²) < 4.78 is 5.24. The smallest absolute Gasteiger partial charge is 0.329 e. The van der Waals surface area contributed by atoms with Crippen molar-refractivity contribution in [1.29, 1.82) is 0 Å². The zero-order valence-corrected chi connectivity index (χ0v) is 30.9. The number of hydrogen-bond acceptors (Lipinski definition) is 10. The number of piperidine rings is 2. The Labute approximate surface area is 312 Å². The molecule has 3 saturated heterocycles. The molecule has 280 valence electrons. The molecule has 5 aromatic rings. The predicted molar refractivity (Wildman–Crippen MR) is 205 cm³/mol. The number of aryl methyl sites for hydroxylation is 1. The van der Waals surface area contributed by atoms with E-state index in [0.717, 1.165) is 92.6 Å². The van der Waals surface area contributed by atoms with E-state index in [2.05, 4.69) is 36.1 Å². The molecule has 1 aliphatic carbocycles. The number of imide groups is 1. The molecule has 0 radical (unpaired) electrons. The van der Waals surface area contributed by atoms with Crippen LogP contribution in [0.25, 0.3) is 22.1 Å². The summed E-state index contributed by atoms with van der Waals surface area (Å²) in [7, 11) is 5.29. The molecule has 1 spiro atoms. The summed E-state index contributed by atoms with van der Waals surface area (Å²) in [6.07, 6.45) is 10.7. The molecule has 1 unspecified atom stereocenters. The average molecular weight is 732 g/mol. The minimum atomic E-state index is -0.690. The van der Waals surface area contributed by atoms with Gasteiger partial charge < -0.3 is 24.6 Å². The molecule has 54 heavy (non-hydrogen) atoms. The van der Waals surface area contributed by atoms with Crippen molar-refractivity contribution in [2.45, 2.75) is 63.5 Å². The SMILES string of the molecule is CN(C)C(=O)c1cc2cnc(Nc3ccc(N4CCC5(CC4)CN(c4ccc6c(c4)n(C)c(=O)n6C4CCC(=O)NC4=O)C5)cn3)nc2n1C1CCCC1. The minimum Gasteiger partial charge on any atom is -0.370 e. The molecule has 0 bridgehead atoms. The molecular weight excluding hydrogens is 687 g/mol. The number of nitrogens with one attached hydrogen (secondary N) is 2. The Morgan fingerprint density at radius 1 is 0.889 bits per heavy atom.